The van der Waals surface area contributed by atoms with Crippen molar-refractivity contribution >= 4 is 0 Å². The van der Waals surface area contributed by atoms with E-state index in [1.165, 1.54) is 0 Å². The molecule has 0 unspecified atom stereocenters. The van der Waals surface area contributed by atoms with Crippen LogP contribution in [0.2, 0.25) is 0 Å². The summed E-state index contributed by atoms with van der Waals surface area (Å²) in [7, 11) is 0. The van der Waals surface area contributed by atoms with Crippen LogP contribution in [0.5, 0.6) is 0 Å². The molecule has 2 aliphatic rings. The molecule has 0 aromatic heterocycles. The largest absolute Gasteiger partial charge is 2.00 e. The monoisotopic (exact) mass is 264 g/mol. The summed E-state index contributed by atoms with van der Waals surface area (Å²) in [6.45, 7) is 0.243. The summed E-state index contributed by atoms with van der Waals surface area (Å²) in [5.41, 5.74) is 1.15. The summed E-state index contributed by atoms with van der Waals surface area (Å²) < 4.78 is 0. The summed E-state index contributed by atoms with van der Waals surface area (Å²) in [4.78, 5) is 0. The zero-order valence-electron chi connectivity index (χ0n) is 8.16. The predicted octanol–water partition coefficient (Wildman–Crippen LogP) is 2.36. The van der Waals surface area contributed by atoms with E-state index in [4.69, 9.17) is 5.11 Å². The molecule has 0 radical (unpaired) electrons. The van der Waals surface area contributed by atoms with Crippen molar-refractivity contribution in [3.8, 4) is 0 Å². The second kappa shape index (κ2) is 9.36. The summed E-state index contributed by atoms with van der Waals surface area (Å²) in [5, 5.41) is 8.43. The smallest absolute Gasteiger partial charge is 0.396 e. The normalized spacial score (nSPS) is 15.9. The van der Waals surface area contributed by atoms with Gasteiger partial charge in [-0.05, 0) is 6.42 Å². The first-order chi connectivity index (χ1) is 6.43. The molecule has 1 nitrogen and oxygen atoms in total. The van der Waals surface area contributed by atoms with Gasteiger partial charge in [-0.25, -0.2) is 23.8 Å². The minimum absolute atomic E-state index is 0. The van der Waals surface area contributed by atoms with E-state index >= 15 is 0 Å². The Morgan fingerprint density at radius 1 is 1.29 bits per heavy atom. The van der Waals surface area contributed by atoms with E-state index in [-0.39, 0.29) is 32.8 Å². The van der Waals surface area contributed by atoms with Gasteiger partial charge in [0.25, 0.3) is 0 Å². The fraction of sp³-hybridized carbons (Fsp3) is 0.333. The quantitative estimate of drug-likeness (QED) is 0.760. The van der Waals surface area contributed by atoms with E-state index in [0.717, 1.165) is 24.8 Å². The first-order valence-corrected chi connectivity index (χ1v) is 4.52. The van der Waals surface area contributed by atoms with Crippen molar-refractivity contribution in [2.45, 2.75) is 19.3 Å². The van der Waals surface area contributed by atoms with Crippen molar-refractivity contribution in [3.63, 3.8) is 0 Å². The number of aliphatic hydroxyl groups is 1. The molecule has 0 amide bonds. The van der Waals surface area contributed by atoms with Crippen molar-refractivity contribution in [1.29, 1.82) is 0 Å². The maximum absolute atomic E-state index is 8.43. The molecule has 2 heteroatoms. The van der Waals surface area contributed by atoms with Crippen molar-refractivity contribution in [1.82, 2.24) is 0 Å². The van der Waals surface area contributed by atoms with Crippen molar-refractivity contribution in [2.24, 2.45) is 0 Å². The molecule has 2 rings (SSSR count). The van der Waals surface area contributed by atoms with E-state index in [0.29, 0.717) is 0 Å². The Balaban J connectivity index is 0.000000246. The van der Waals surface area contributed by atoms with Crippen LogP contribution in [-0.4, -0.2) is 11.7 Å². The van der Waals surface area contributed by atoms with Gasteiger partial charge < -0.3 is 5.11 Å². The number of allylic oxidation sites excluding steroid dienone is 7. The Bertz CT molecular complexity index is 239. The van der Waals surface area contributed by atoms with Crippen molar-refractivity contribution in [3.05, 3.63) is 48.1 Å². The van der Waals surface area contributed by atoms with Gasteiger partial charge in [-0.1, -0.05) is 0 Å². The zero-order chi connectivity index (χ0) is 9.36. The molecule has 0 atom stereocenters. The van der Waals surface area contributed by atoms with Gasteiger partial charge in [0.15, 0.2) is 0 Å². The maximum Gasteiger partial charge on any atom is 2.00 e. The van der Waals surface area contributed by atoms with E-state index in [1.54, 1.807) is 0 Å². The Morgan fingerprint density at radius 2 is 2.14 bits per heavy atom. The zero-order valence-corrected chi connectivity index (χ0v) is 10.6. The molecule has 0 aliphatic heterocycles. The molecule has 0 saturated carbocycles. The van der Waals surface area contributed by atoms with Crippen LogP contribution in [0.15, 0.2) is 36.0 Å². The first-order valence-electron chi connectivity index (χ1n) is 4.52. The average Bonchev–Trinajstić information content (AvgIpc) is 2.79. The van der Waals surface area contributed by atoms with Gasteiger partial charge in [-0.3, -0.25) is 12.2 Å². The Kier molecular flexibility index (Phi) is 9.23. The number of aliphatic hydroxyl groups excluding tert-OH is 1. The van der Waals surface area contributed by atoms with Crippen LogP contribution >= 0.6 is 0 Å². The molecular formula is C12H14OZr. The van der Waals surface area contributed by atoms with Gasteiger partial charge in [0.05, 0.1) is 0 Å². The fourth-order valence-corrected chi connectivity index (χ4v) is 1.08. The number of hydrogen-bond donors (Lipinski definition) is 1. The topological polar surface area (TPSA) is 20.2 Å². The molecule has 1 N–H and O–H groups in total. The van der Waals surface area contributed by atoms with Gasteiger partial charge in [-0.2, -0.15) is 12.2 Å². The van der Waals surface area contributed by atoms with E-state index in [2.05, 4.69) is 18.2 Å². The van der Waals surface area contributed by atoms with Gasteiger partial charge in [0.1, 0.15) is 0 Å². The van der Waals surface area contributed by atoms with Crippen LogP contribution in [0.4, 0.5) is 0 Å². The predicted molar refractivity (Wildman–Crippen MR) is 53.8 cm³/mol. The molecule has 2 aliphatic carbocycles. The third-order valence-electron chi connectivity index (χ3n) is 1.73. The molecule has 0 saturated heterocycles. The number of hydrogen-bond acceptors (Lipinski definition) is 1. The summed E-state index contributed by atoms with van der Waals surface area (Å²) in [5.74, 6) is 0. The van der Waals surface area contributed by atoms with Crippen LogP contribution in [0.3, 0.4) is 0 Å². The molecule has 0 fully saturated rings. The summed E-state index contributed by atoms with van der Waals surface area (Å²) in [6, 6.07) is 0. The maximum atomic E-state index is 8.43. The standard InChI is InChI=1S/C7H9O.C5H5.Zr/c8-6-5-7-3-1-2-4-7;1-2-4-5-3-1;/h1,3,8H,2,5-6H2;1-3H,4H2;/q2*-1;+2. The summed E-state index contributed by atoms with van der Waals surface area (Å²) >= 11 is 0. The number of rotatable bonds is 2. The minimum Gasteiger partial charge on any atom is -0.396 e. The minimum atomic E-state index is 0. The molecule has 72 valence electrons. The van der Waals surface area contributed by atoms with E-state index in [9.17, 15) is 0 Å². The Labute approximate surface area is 105 Å². The molecule has 0 heterocycles. The van der Waals surface area contributed by atoms with Crippen LogP contribution in [0.1, 0.15) is 19.3 Å². The third kappa shape index (κ3) is 6.29. The van der Waals surface area contributed by atoms with Crippen molar-refractivity contribution in [2.75, 3.05) is 6.61 Å². The third-order valence-corrected chi connectivity index (χ3v) is 1.73. The SMILES string of the molecule is OCCC1=[C-]CC=C1.[C-]1=CC=CC1.[Zr+2]. The van der Waals surface area contributed by atoms with Crippen LogP contribution in [0.25, 0.3) is 0 Å². The Morgan fingerprint density at radius 3 is 2.50 bits per heavy atom. The Hall–Kier alpha value is -0.197. The molecule has 0 spiro atoms. The second-order valence-corrected chi connectivity index (χ2v) is 2.79. The van der Waals surface area contributed by atoms with Gasteiger partial charge in [0, 0.05) is 6.61 Å². The van der Waals surface area contributed by atoms with E-state index < -0.39 is 0 Å². The van der Waals surface area contributed by atoms with Crippen LogP contribution in [0, 0.1) is 12.2 Å². The van der Waals surface area contributed by atoms with Gasteiger partial charge in [-0.15, -0.1) is 12.8 Å². The average molecular weight is 265 g/mol. The van der Waals surface area contributed by atoms with Gasteiger partial charge in [0.2, 0.25) is 0 Å². The molecule has 14 heavy (non-hydrogen) atoms. The second-order valence-electron chi connectivity index (χ2n) is 2.79. The van der Waals surface area contributed by atoms with E-state index in [1.807, 2.05) is 24.3 Å². The van der Waals surface area contributed by atoms with Gasteiger partial charge >= 0.3 is 26.2 Å². The molecule has 0 bridgehead atoms. The van der Waals surface area contributed by atoms with Crippen LogP contribution < -0.4 is 0 Å². The first kappa shape index (κ1) is 13.8. The summed E-state index contributed by atoms with van der Waals surface area (Å²) in [6.07, 6.45) is 18.8. The fourth-order valence-electron chi connectivity index (χ4n) is 1.08. The van der Waals surface area contributed by atoms with Crippen LogP contribution in [-0.2, 0) is 26.2 Å². The molecule has 0 aromatic carbocycles. The molecule has 0 aromatic rings. The molecular weight excluding hydrogens is 251 g/mol. The van der Waals surface area contributed by atoms with Crippen molar-refractivity contribution < 1.29 is 31.3 Å².